The van der Waals surface area contributed by atoms with E-state index < -0.39 is 0 Å². The highest BCUT2D eigenvalue weighted by Gasteiger charge is 2.22. The Balaban J connectivity index is 1.49. The fourth-order valence-corrected chi connectivity index (χ4v) is 3.11. The Labute approximate surface area is 113 Å². The summed E-state index contributed by atoms with van der Waals surface area (Å²) >= 11 is 1.85. The number of hydrogen-bond donors (Lipinski definition) is 2. The highest BCUT2D eigenvalue weighted by molar-refractivity contribution is 8.14. The van der Waals surface area contributed by atoms with E-state index in [2.05, 4.69) is 22.5 Å². The molecule has 0 saturated heterocycles. The first kappa shape index (κ1) is 13.7. The van der Waals surface area contributed by atoms with Crippen LogP contribution in [0.5, 0.6) is 0 Å². The van der Waals surface area contributed by atoms with Gasteiger partial charge in [-0.15, -0.1) is 0 Å². The number of nitrogens with zero attached hydrogens (tertiary/aromatic N) is 1. The van der Waals surface area contributed by atoms with Crippen molar-refractivity contribution in [2.75, 3.05) is 13.1 Å². The molecule has 1 aliphatic heterocycles. The van der Waals surface area contributed by atoms with Gasteiger partial charge in [0.2, 0.25) is 5.91 Å². The smallest absolute Gasteiger partial charge is 0.220 e. The molecule has 0 aromatic carbocycles. The molecule has 0 bridgehead atoms. The maximum Gasteiger partial charge on any atom is 0.220 e. The van der Waals surface area contributed by atoms with Gasteiger partial charge in [-0.1, -0.05) is 25.1 Å². The quantitative estimate of drug-likeness (QED) is 0.694. The largest absolute Gasteiger partial charge is 0.365 e. The predicted octanol–water partition coefficient (Wildman–Crippen LogP) is 1.91. The van der Waals surface area contributed by atoms with Gasteiger partial charge in [0.25, 0.3) is 0 Å². The summed E-state index contributed by atoms with van der Waals surface area (Å²) in [6.07, 6.45) is 6.30. The predicted molar refractivity (Wildman–Crippen MR) is 77.0 cm³/mol. The molecule has 0 radical (unpaired) electrons. The minimum absolute atomic E-state index is 0.198. The maximum atomic E-state index is 11.5. The number of thioether (sulfide) groups is 1. The van der Waals surface area contributed by atoms with Crippen LogP contribution >= 0.6 is 11.8 Å². The van der Waals surface area contributed by atoms with Crippen molar-refractivity contribution < 1.29 is 4.79 Å². The molecule has 18 heavy (non-hydrogen) atoms. The van der Waals surface area contributed by atoms with Crippen molar-refractivity contribution in [3.63, 3.8) is 0 Å². The molecule has 1 unspecified atom stereocenters. The topological polar surface area (TPSA) is 53.5 Å². The third-order valence-corrected chi connectivity index (χ3v) is 4.34. The molecular weight excluding hydrogens is 246 g/mol. The van der Waals surface area contributed by atoms with Gasteiger partial charge < -0.3 is 10.6 Å². The van der Waals surface area contributed by atoms with E-state index in [4.69, 9.17) is 0 Å². The number of aliphatic imine (C=N–C) groups is 1. The van der Waals surface area contributed by atoms with Crippen LogP contribution in [-0.4, -0.2) is 35.5 Å². The fourth-order valence-electron chi connectivity index (χ4n) is 1.96. The molecular formula is C13H23N3OS. The van der Waals surface area contributed by atoms with Crippen molar-refractivity contribution in [3.05, 3.63) is 0 Å². The van der Waals surface area contributed by atoms with E-state index in [1.54, 1.807) is 0 Å². The summed E-state index contributed by atoms with van der Waals surface area (Å²) in [6.45, 7) is 4.01. The van der Waals surface area contributed by atoms with Crippen molar-refractivity contribution in [1.29, 1.82) is 0 Å². The number of nitrogens with one attached hydrogen (secondary N) is 2. The Morgan fingerprint density at radius 2 is 2.33 bits per heavy atom. The molecule has 5 heteroatoms. The first-order valence-corrected chi connectivity index (χ1v) is 7.90. The van der Waals surface area contributed by atoms with Crippen molar-refractivity contribution in [1.82, 2.24) is 10.6 Å². The first-order valence-electron chi connectivity index (χ1n) is 7.02. The number of hydrogen-bond acceptors (Lipinski definition) is 4. The Morgan fingerprint density at radius 3 is 3.06 bits per heavy atom. The summed E-state index contributed by atoms with van der Waals surface area (Å²) in [5.74, 6) is 0.198. The molecule has 1 aliphatic carbocycles. The third-order valence-electron chi connectivity index (χ3n) is 3.13. The lowest BCUT2D eigenvalue weighted by atomic mass is 10.2. The molecule has 102 valence electrons. The van der Waals surface area contributed by atoms with Gasteiger partial charge in [0.1, 0.15) is 0 Å². The van der Waals surface area contributed by atoms with Crippen LogP contribution in [0.4, 0.5) is 0 Å². The average Bonchev–Trinajstić information content (AvgIpc) is 3.04. The maximum absolute atomic E-state index is 11.5. The summed E-state index contributed by atoms with van der Waals surface area (Å²) in [6, 6.07) is 0.482. The average molecular weight is 269 g/mol. The lowest BCUT2D eigenvalue weighted by Crippen LogP contribution is -2.27. The minimum atomic E-state index is 0.198. The molecule has 1 saturated carbocycles. The number of rotatable bonds is 7. The molecule has 1 atom stereocenters. The Hall–Kier alpha value is -0.710. The van der Waals surface area contributed by atoms with Crippen LogP contribution in [0.25, 0.3) is 0 Å². The summed E-state index contributed by atoms with van der Waals surface area (Å²) in [7, 11) is 0. The number of carbonyl (C=O) groups is 1. The Morgan fingerprint density at radius 1 is 1.50 bits per heavy atom. The van der Waals surface area contributed by atoms with Crippen LogP contribution in [0.1, 0.15) is 45.4 Å². The van der Waals surface area contributed by atoms with E-state index in [9.17, 15) is 4.79 Å². The molecule has 1 fully saturated rings. The van der Waals surface area contributed by atoms with Crippen LogP contribution in [0.15, 0.2) is 4.99 Å². The zero-order valence-electron chi connectivity index (χ0n) is 11.1. The van der Waals surface area contributed by atoms with E-state index in [1.807, 2.05) is 11.8 Å². The van der Waals surface area contributed by atoms with E-state index in [-0.39, 0.29) is 5.91 Å². The van der Waals surface area contributed by atoms with Crippen molar-refractivity contribution >= 4 is 22.8 Å². The van der Waals surface area contributed by atoms with Gasteiger partial charge in [0.15, 0.2) is 5.17 Å². The van der Waals surface area contributed by atoms with Gasteiger partial charge in [-0.25, -0.2) is 0 Å². The van der Waals surface area contributed by atoms with E-state index in [0.29, 0.717) is 17.7 Å². The molecule has 2 N–H and O–H groups in total. The standard InChI is InChI=1S/C13H23N3OS/c1-2-4-11-9-15-13(18-11)14-8-3-5-12(17)16-10-6-7-10/h10-11H,2-9H2,1H3,(H,14,15)(H,16,17). The second kappa shape index (κ2) is 7.02. The summed E-state index contributed by atoms with van der Waals surface area (Å²) in [4.78, 5) is 15.9. The van der Waals surface area contributed by atoms with Gasteiger partial charge in [-0.3, -0.25) is 9.79 Å². The highest BCUT2D eigenvalue weighted by Crippen LogP contribution is 2.23. The van der Waals surface area contributed by atoms with E-state index in [1.165, 1.54) is 12.8 Å². The number of amides is 1. The van der Waals surface area contributed by atoms with Gasteiger partial charge in [0, 0.05) is 24.3 Å². The zero-order valence-corrected chi connectivity index (χ0v) is 11.9. The molecule has 4 nitrogen and oxygen atoms in total. The third kappa shape index (κ3) is 4.88. The number of amidine groups is 1. The summed E-state index contributed by atoms with van der Waals surface area (Å²) in [5.41, 5.74) is 0. The van der Waals surface area contributed by atoms with Gasteiger partial charge in [-0.05, 0) is 25.7 Å². The Kier molecular flexibility index (Phi) is 5.35. The lowest BCUT2D eigenvalue weighted by Gasteiger charge is -2.08. The Bertz CT molecular complexity index is 315. The molecule has 0 spiro atoms. The number of carbonyl (C=O) groups excluding carboxylic acids is 1. The molecule has 1 amide bonds. The van der Waals surface area contributed by atoms with E-state index >= 15 is 0 Å². The SMILES string of the molecule is CCCC1CN=C(NCCCC(=O)NC2CC2)S1. The molecule has 0 aromatic rings. The second-order valence-electron chi connectivity index (χ2n) is 5.05. The van der Waals surface area contributed by atoms with Crippen molar-refractivity contribution in [3.8, 4) is 0 Å². The first-order chi connectivity index (χ1) is 8.78. The van der Waals surface area contributed by atoms with Crippen LogP contribution in [0, 0.1) is 0 Å². The van der Waals surface area contributed by atoms with Crippen LogP contribution in [0.3, 0.4) is 0 Å². The molecule has 2 rings (SSSR count). The second-order valence-corrected chi connectivity index (χ2v) is 6.34. The minimum Gasteiger partial charge on any atom is -0.365 e. The molecule has 2 aliphatic rings. The summed E-state index contributed by atoms with van der Waals surface area (Å²) in [5, 5.41) is 8.06. The normalized spacial score (nSPS) is 22.7. The van der Waals surface area contributed by atoms with Crippen LogP contribution < -0.4 is 10.6 Å². The summed E-state index contributed by atoms with van der Waals surface area (Å²) < 4.78 is 0. The van der Waals surface area contributed by atoms with Crippen molar-refractivity contribution in [2.45, 2.75) is 56.7 Å². The molecule has 1 heterocycles. The van der Waals surface area contributed by atoms with Crippen LogP contribution in [0.2, 0.25) is 0 Å². The van der Waals surface area contributed by atoms with Crippen molar-refractivity contribution in [2.24, 2.45) is 4.99 Å². The van der Waals surface area contributed by atoms with Crippen LogP contribution in [-0.2, 0) is 4.79 Å². The lowest BCUT2D eigenvalue weighted by molar-refractivity contribution is -0.121. The van der Waals surface area contributed by atoms with E-state index in [0.717, 1.165) is 37.5 Å². The zero-order chi connectivity index (χ0) is 12.8. The monoisotopic (exact) mass is 269 g/mol. The molecule has 0 aromatic heterocycles. The highest BCUT2D eigenvalue weighted by atomic mass is 32.2. The van der Waals surface area contributed by atoms with Gasteiger partial charge >= 0.3 is 0 Å². The van der Waals surface area contributed by atoms with Gasteiger partial charge in [-0.2, -0.15) is 0 Å². The fraction of sp³-hybridized carbons (Fsp3) is 0.846. The van der Waals surface area contributed by atoms with Gasteiger partial charge in [0.05, 0.1) is 6.54 Å².